The molecule has 0 saturated carbocycles. The summed E-state index contributed by atoms with van der Waals surface area (Å²) in [7, 11) is 1.28. The molecule has 1 aromatic heterocycles. The summed E-state index contributed by atoms with van der Waals surface area (Å²) >= 11 is 5.90. The van der Waals surface area contributed by atoms with Crippen LogP contribution in [-0.2, 0) is 4.74 Å². The van der Waals surface area contributed by atoms with E-state index in [1.807, 2.05) is 19.1 Å². The lowest BCUT2D eigenvalue weighted by Crippen LogP contribution is -2.12. The molecular weight excluding hydrogens is 280 g/mol. The zero-order chi connectivity index (χ0) is 14.5. The Kier molecular flexibility index (Phi) is 4.37. The van der Waals surface area contributed by atoms with Crippen molar-refractivity contribution < 1.29 is 9.53 Å². The largest absolute Gasteiger partial charge is 0.453 e. The van der Waals surface area contributed by atoms with E-state index in [1.165, 1.54) is 7.11 Å². The SMILES string of the molecule is COC(=O)Nc1ccc(Nc2ccc(Cl)cc2C)nn1. The number of carbonyl (C=O) groups is 1. The molecule has 0 radical (unpaired) electrons. The second-order valence-electron chi connectivity index (χ2n) is 4.00. The molecule has 0 spiro atoms. The standard InChI is InChI=1S/C13H13ClN4O2/c1-8-7-9(14)3-4-10(8)15-11-5-6-12(18-17-11)16-13(19)20-2/h3-7H,1-2H3,(H,15,17)(H,16,18,19). The van der Waals surface area contributed by atoms with Crippen LogP contribution in [-0.4, -0.2) is 23.4 Å². The Balaban J connectivity index is 2.08. The van der Waals surface area contributed by atoms with Gasteiger partial charge in [0.1, 0.15) is 0 Å². The van der Waals surface area contributed by atoms with Crippen LogP contribution in [0.5, 0.6) is 0 Å². The van der Waals surface area contributed by atoms with Gasteiger partial charge in [0.15, 0.2) is 11.6 Å². The lowest BCUT2D eigenvalue weighted by Gasteiger charge is -2.09. The van der Waals surface area contributed by atoms with Crippen molar-refractivity contribution in [1.82, 2.24) is 10.2 Å². The van der Waals surface area contributed by atoms with Crippen LogP contribution in [0.2, 0.25) is 5.02 Å². The molecule has 0 fully saturated rings. The van der Waals surface area contributed by atoms with Crippen molar-refractivity contribution in [1.29, 1.82) is 0 Å². The average molecular weight is 293 g/mol. The highest BCUT2D eigenvalue weighted by Gasteiger charge is 2.04. The number of hydrogen-bond acceptors (Lipinski definition) is 5. The van der Waals surface area contributed by atoms with Gasteiger partial charge < -0.3 is 10.1 Å². The number of hydrogen-bond donors (Lipinski definition) is 2. The van der Waals surface area contributed by atoms with E-state index in [4.69, 9.17) is 11.6 Å². The molecule has 104 valence electrons. The summed E-state index contributed by atoms with van der Waals surface area (Å²) in [6.07, 6.45) is -0.589. The van der Waals surface area contributed by atoms with E-state index in [1.54, 1.807) is 18.2 Å². The number of nitrogens with one attached hydrogen (secondary N) is 2. The molecule has 2 rings (SSSR count). The molecular formula is C13H13ClN4O2. The number of aryl methyl sites for hydroxylation is 1. The topological polar surface area (TPSA) is 76.1 Å². The molecule has 6 nitrogen and oxygen atoms in total. The number of amides is 1. The fraction of sp³-hybridized carbons (Fsp3) is 0.154. The number of anilines is 3. The van der Waals surface area contributed by atoms with Gasteiger partial charge in [-0.25, -0.2) is 4.79 Å². The van der Waals surface area contributed by atoms with Crippen LogP contribution < -0.4 is 10.6 Å². The van der Waals surface area contributed by atoms with Crippen molar-refractivity contribution >= 4 is 35.0 Å². The third-order valence-corrected chi connectivity index (χ3v) is 2.77. The summed E-state index contributed by atoms with van der Waals surface area (Å²) in [5.74, 6) is 0.876. The van der Waals surface area contributed by atoms with Crippen LogP contribution in [0, 0.1) is 6.92 Å². The van der Waals surface area contributed by atoms with Gasteiger partial charge in [-0.3, -0.25) is 5.32 Å². The minimum absolute atomic E-state index is 0.315. The summed E-state index contributed by atoms with van der Waals surface area (Å²) in [4.78, 5) is 11.0. The number of aromatic nitrogens is 2. The molecule has 1 amide bonds. The lowest BCUT2D eigenvalue weighted by molar-refractivity contribution is 0.187. The first kappa shape index (κ1) is 14.1. The van der Waals surface area contributed by atoms with Gasteiger partial charge in [0, 0.05) is 10.7 Å². The van der Waals surface area contributed by atoms with E-state index in [2.05, 4.69) is 25.6 Å². The van der Waals surface area contributed by atoms with Gasteiger partial charge in [0.05, 0.1) is 7.11 Å². The zero-order valence-corrected chi connectivity index (χ0v) is 11.7. The van der Waals surface area contributed by atoms with Crippen LogP contribution in [0.1, 0.15) is 5.56 Å². The van der Waals surface area contributed by atoms with Gasteiger partial charge in [-0.05, 0) is 42.8 Å². The zero-order valence-electron chi connectivity index (χ0n) is 11.0. The van der Waals surface area contributed by atoms with Crippen molar-refractivity contribution in [3.63, 3.8) is 0 Å². The molecule has 0 aliphatic rings. The molecule has 0 bridgehead atoms. The lowest BCUT2D eigenvalue weighted by atomic mass is 10.2. The molecule has 0 unspecified atom stereocenters. The average Bonchev–Trinajstić information content (AvgIpc) is 2.44. The predicted octanol–water partition coefficient (Wildman–Crippen LogP) is 3.36. The van der Waals surface area contributed by atoms with Crippen molar-refractivity contribution in [2.24, 2.45) is 0 Å². The molecule has 1 aromatic carbocycles. The van der Waals surface area contributed by atoms with Gasteiger partial charge in [-0.15, -0.1) is 10.2 Å². The molecule has 0 aliphatic heterocycles. The fourth-order valence-corrected chi connectivity index (χ4v) is 1.75. The van der Waals surface area contributed by atoms with E-state index in [-0.39, 0.29) is 0 Å². The maximum absolute atomic E-state index is 11.0. The second kappa shape index (κ2) is 6.21. The number of ether oxygens (including phenoxy) is 1. The third-order valence-electron chi connectivity index (χ3n) is 2.53. The third kappa shape index (κ3) is 3.58. The van der Waals surface area contributed by atoms with Crippen molar-refractivity contribution in [2.45, 2.75) is 6.92 Å². The number of nitrogens with zero attached hydrogens (tertiary/aromatic N) is 2. The highest BCUT2D eigenvalue weighted by Crippen LogP contribution is 2.22. The molecule has 20 heavy (non-hydrogen) atoms. The summed E-state index contributed by atoms with van der Waals surface area (Å²) in [6.45, 7) is 1.94. The van der Waals surface area contributed by atoms with E-state index in [9.17, 15) is 4.79 Å². The first-order valence-electron chi connectivity index (χ1n) is 5.80. The highest BCUT2D eigenvalue weighted by molar-refractivity contribution is 6.30. The van der Waals surface area contributed by atoms with Crippen LogP contribution in [0.15, 0.2) is 30.3 Å². The molecule has 1 heterocycles. The monoisotopic (exact) mass is 292 g/mol. The van der Waals surface area contributed by atoms with E-state index >= 15 is 0 Å². The molecule has 0 saturated heterocycles. The fourth-order valence-electron chi connectivity index (χ4n) is 1.53. The predicted molar refractivity (Wildman–Crippen MR) is 77.5 cm³/mol. The Morgan fingerprint density at radius 2 is 1.90 bits per heavy atom. The van der Waals surface area contributed by atoms with Gasteiger partial charge >= 0.3 is 6.09 Å². The first-order chi connectivity index (χ1) is 9.58. The maximum atomic E-state index is 11.0. The minimum atomic E-state index is -0.589. The Morgan fingerprint density at radius 1 is 1.20 bits per heavy atom. The number of halogens is 1. The summed E-state index contributed by atoms with van der Waals surface area (Å²) in [5.41, 5.74) is 1.88. The van der Waals surface area contributed by atoms with Crippen molar-refractivity contribution in [3.05, 3.63) is 40.9 Å². The summed E-state index contributed by atoms with van der Waals surface area (Å²) in [6, 6.07) is 8.83. The maximum Gasteiger partial charge on any atom is 0.412 e. The summed E-state index contributed by atoms with van der Waals surface area (Å²) in [5, 5.41) is 14.0. The first-order valence-corrected chi connectivity index (χ1v) is 6.18. The molecule has 2 N–H and O–H groups in total. The highest BCUT2D eigenvalue weighted by atomic mass is 35.5. The number of carbonyl (C=O) groups excluding carboxylic acids is 1. The summed E-state index contributed by atoms with van der Waals surface area (Å²) < 4.78 is 4.46. The van der Waals surface area contributed by atoms with Gasteiger partial charge in [0.2, 0.25) is 0 Å². The smallest absolute Gasteiger partial charge is 0.412 e. The second-order valence-corrected chi connectivity index (χ2v) is 4.44. The quantitative estimate of drug-likeness (QED) is 0.907. The molecule has 0 atom stereocenters. The van der Waals surface area contributed by atoms with Crippen LogP contribution in [0.25, 0.3) is 0 Å². The minimum Gasteiger partial charge on any atom is -0.453 e. The van der Waals surface area contributed by atoms with Crippen molar-refractivity contribution in [3.8, 4) is 0 Å². The van der Waals surface area contributed by atoms with Gasteiger partial charge in [0.25, 0.3) is 0 Å². The molecule has 7 heteroatoms. The number of rotatable bonds is 3. The van der Waals surface area contributed by atoms with Gasteiger partial charge in [-0.1, -0.05) is 11.6 Å². The Hall–Kier alpha value is -2.34. The van der Waals surface area contributed by atoms with Crippen LogP contribution in [0.4, 0.5) is 22.1 Å². The Labute approximate surface area is 121 Å². The normalized spacial score (nSPS) is 9.95. The Bertz CT molecular complexity index is 616. The number of methoxy groups -OCH3 is 1. The van der Waals surface area contributed by atoms with E-state index in [0.29, 0.717) is 16.7 Å². The molecule has 2 aromatic rings. The van der Waals surface area contributed by atoms with Crippen LogP contribution in [0.3, 0.4) is 0 Å². The van der Waals surface area contributed by atoms with Crippen molar-refractivity contribution in [2.75, 3.05) is 17.7 Å². The Morgan fingerprint density at radius 3 is 2.50 bits per heavy atom. The van der Waals surface area contributed by atoms with Crippen LogP contribution >= 0.6 is 11.6 Å². The molecule has 0 aliphatic carbocycles. The number of benzene rings is 1. The van der Waals surface area contributed by atoms with E-state index < -0.39 is 6.09 Å². The van der Waals surface area contributed by atoms with E-state index in [0.717, 1.165) is 11.3 Å². The van der Waals surface area contributed by atoms with Gasteiger partial charge in [-0.2, -0.15) is 0 Å².